The number of benzene rings is 2. The molecule has 2 aromatic carbocycles. The van der Waals surface area contributed by atoms with E-state index in [1.807, 2.05) is 18.2 Å². The average Bonchev–Trinajstić information content (AvgIpc) is 2.58. The molecular weight excluding hydrogens is 294 g/mol. The van der Waals surface area contributed by atoms with Crippen molar-refractivity contribution in [2.45, 2.75) is 20.8 Å². The molecule has 0 radical (unpaired) electrons. The van der Waals surface area contributed by atoms with E-state index in [0.29, 0.717) is 6.67 Å². The molecule has 0 unspecified atom stereocenters. The summed E-state index contributed by atoms with van der Waals surface area (Å²) in [6, 6.07) is 14.7. The van der Waals surface area contributed by atoms with Gasteiger partial charge in [-0.25, -0.2) is 0 Å². The summed E-state index contributed by atoms with van der Waals surface area (Å²) in [4.78, 5) is 10.7. The number of anilines is 1. The molecule has 0 aliphatic heterocycles. The van der Waals surface area contributed by atoms with Gasteiger partial charge in [0.15, 0.2) is 0 Å². The normalized spacial score (nSPS) is 11.8. The SMILES string of the molecule is C=N/C(=C\C=N/CN(C)c1cc(C)ccc1C)c1ccc(C)cc1. The van der Waals surface area contributed by atoms with Crippen LogP contribution in [-0.2, 0) is 0 Å². The highest BCUT2D eigenvalue weighted by molar-refractivity contribution is 5.85. The molecule has 0 aliphatic carbocycles. The quantitative estimate of drug-likeness (QED) is 0.702. The van der Waals surface area contributed by atoms with Crippen molar-refractivity contribution >= 4 is 24.3 Å². The van der Waals surface area contributed by atoms with E-state index >= 15 is 0 Å². The Morgan fingerprint density at radius 2 is 1.71 bits per heavy atom. The molecule has 0 bridgehead atoms. The van der Waals surface area contributed by atoms with Gasteiger partial charge >= 0.3 is 0 Å². The Hall–Kier alpha value is -2.68. The van der Waals surface area contributed by atoms with Crippen LogP contribution in [0.2, 0.25) is 0 Å². The van der Waals surface area contributed by atoms with Crippen molar-refractivity contribution in [3.63, 3.8) is 0 Å². The van der Waals surface area contributed by atoms with Gasteiger partial charge in [0, 0.05) is 24.5 Å². The fourth-order valence-corrected chi connectivity index (χ4v) is 2.46. The van der Waals surface area contributed by atoms with E-state index in [2.05, 4.69) is 79.8 Å². The molecule has 0 aromatic heterocycles. The largest absolute Gasteiger partial charge is 0.355 e. The first kappa shape index (κ1) is 17.7. The van der Waals surface area contributed by atoms with Crippen LogP contribution in [0, 0.1) is 20.8 Å². The fraction of sp³-hybridized carbons (Fsp3) is 0.238. The smallest absolute Gasteiger partial charge is 0.109 e. The molecule has 0 saturated carbocycles. The Bertz CT molecular complexity index is 755. The summed E-state index contributed by atoms with van der Waals surface area (Å²) in [6.45, 7) is 10.5. The van der Waals surface area contributed by atoms with Crippen LogP contribution in [0.25, 0.3) is 5.70 Å². The summed E-state index contributed by atoms with van der Waals surface area (Å²) in [7, 11) is 2.05. The van der Waals surface area contributed by atoms with Crippen LogP contribution in [0.4, 0.5) is 5.69 Å². The van der Waals surface area contributed by atoms with Crippen LogP contribution >= 0.6 is 0 Å². The van der Waals surface area contributed by atoms with Gasteiger partial charge in [0.05, 0.1) is 5.70 Å². The molecule has 2 rings (SSSR count). The van der Waals surface area contributed by atoms with Gasteiger partial charge in [0.1, 0.15) is 6.67 Å². The van der Waals surface area contributed by atoms with Crippen molar-refractivity contribution in [3.05, 3.63) is 70.8 Å². The molecular formula is C21H25N3. The zero-order valence-electron chi connectivity index (χ0n) is 15.0. The number of aliphatic imine (C=N–C) groups is 2. The first-order valence-corrected chi connectivity index (χ1v) is 8.03. The lowest BCUT2D eigenvalue weighted by Crippen LogP contribution is -2.18. The Morgan fingerprint density at radius 1 is 1.04 bits per heavy atom. The minimum Gasteiger partial charge on any atom is -0.355 e. The molecule has 3 heteroatoms. The number of hydrogen-bond donors (Lipinski definition) is 0. The highest BCUT2D eigenvalue weighted by Crippen LogP contribution is 2.20. The van der Waals surface area contributed by atoms with Crippen LogP contribution in [0.1, 0.15) is 22.3 Å². The van der Waals surface area contributed by atoms with E-state index in [1.165, 1.54) is 22.4 Å². The average molecular weight is 319 g/mol. The second-order valence-corrected chi connectivity index (χ2v) is 6.04. The summed E-state index contributed by atoms with van der Waals surface area (Å²) < 4.78 is 0. The van der Waals surface area contributed by atoms with Crippen LogP contribution in [0.3, 0.4) is 0 Å². The zero-order chi connectivity index (χ0) is 17.5. The second kappa shape index (κ2) is 8.25. The number of hydrogen-bond acceptors (Lipinski definition) is 3. The van der Waals surface area contributed by atoms with Gasteiger partial charge in [-0.05, 0) is 50.8 Å². The standard InChI is InChI=1S/C21H25N3/c1-16-7-10-19(11-8-16)20(22-4)12-13-23-15-24(5)21-14-17(2)6-9-18(21)3/h6-14H,4,15H2,1-3,5H3/b20-12-,23-13-. The number of rotatable bonds is 6. The molecule has 0 N–H and O–H groups in total. The van der Waals surface area contributed by atoms with E-state index in [4.69, 9.17) is 0 Å². The van der Waals surface area contributed by atoms with E-state index in [9.17, 15) is 0 Å². The lowest BCUT2D eigenvalue weighted by Gasteiger charge is -2.19. The second-order valence-electron chi connectivity index (χ2n) is 6.04. The summed E-state index contributed by atoms with van der Waals surface area (Å²) >= 11 is 0. The minimum absolute atomic E-state index is 0.596. The number of allylic oxidation sites excluding steroid dienone is 1. The highest BCUT2D eigenvalue weighted by atomic mass is 15.2. The highest BCUT2D eigenvalue weighted by Gasteiger charge is 2.03. The lowest BCUT2D eigenvalue weighted by atomic mass is 10.1. The van der Waals surface area contributed by atoms with Crippen molar-refractivity contribution < 1.29 is 0 Å². The molecule has 0 fully saturated rings. The third kappa shape index (κ3) is 4.66. The van der Waals surface area contributed by atoms with E-state index in [1.54, 1.807) is 6.21 Å². The maximum absolute atomic E-state index is 4.49. The van der Waals surface area contributed by atoms with E-state index in [0.717, 1.165) is 11.3 Å². The van der Waals surface area contributed by atoms with Gasteiger partial charge in [0.25, 0.3) is 0 Å². The van der Waals surface area contributed by atoms with E-state index < -0.39 is 0 Å². The molecule has 0 heterocycles. The van der Waals surface area contributed by atoms with Crippen molar-refractivity contribution in [3.8, 4) is 0 Å². The predicted molar refractivity (Wildman–Crippen MR) is 106 cm³/mol. The van der Waals surface area contributed by atoms with Crippen LogP contribution < -0.4 is 4.90 Å². The van der Waals surface area contributed by atoms with Crippen molar-refractivity contribution in [2.75, 3.05) is 18.6 Å². The van der Waals surface area contributed by atoms with Gasteiger partial charge in [-0.3, -0.25) is 9.98 Å². The number of nitrogens with zero attached hydrogens (tertiary/aromatic N) is 3. The summed E-state index contributed by atoms with van der Waals surface area (Å²) in [5.41, 5.74) is 6.81. The van der Waals surface area contributed by atoms with Gasteiger partial charge in [-0.15, -0.1) is 0 Å². The maximum Gasteiger partial charge on any atom is 0.109 e. The van der Waals surface area contributed by atoms with Gasteiger partial charge in [0.2, 0.25) is 0 Å². The molecule has 0 saturated heterocycles. The molecule has 0 aliphatic rings. The molecule has 0 spiro atoms. The fourth-order valence-electron chi connectivity index (χ4n) is 2.46. The van der Waals surface area contributed by atoms with Crippen LogP contribution in [0.15, 0.2) is 58.5 Å². The summed E-state index contributed by atoms with van der Waals surface area (Å²) in [6.07, 6.45) is 3.69. The van der Waals surface area contributed by atoms with Gasteiger partial charge in [-0.1, -0.05) is 42.0 Å². The van der Waals surface area contributed by atoms with Crippen molar-refractivity contribution in [1.29, 1.82) is 0 Å². The zero-order valence-corrected chi connectivity index (χ0v) is 15.0. The van der Waals surface area contributed by atoms with Crippen LogP contribution in [0.5, 0.6) is 0 Å². The Labute approximate surface area is 145 Å². The van der Waals surface area contributed by atoms with Gasteiger partial charge < -0.3 is 4.90 Å². The molecule has 0 amide bonds. The van der Waals surface area contributed by atoms with E-state index in [-0.39, 0.29) is 0 Å². The Morgan fingerprint density at radius 3 is 2.38 bits per heavy atom. The lowest BCUT2D eigenvalue weighted by molar-refractivity contribution is 0.931. The monoisotopic (exact) mass is 319 g/mol. The maximum atomic E-state index is 4.49. The summed E-state index contributed by atoms with van der Waals surface area (Å²) in [5, 5.41) is 0. The third-order valence-corrected chi connectivity index (χ3v) is 3.93. The molecule has 24 heavy (non-hydrogen) atoms. The Kier molecular flexibility index (Phi) is 6.07. The topological polar surface area (TPSA) is 28.0 Å². The first-order valence-electron chi connectivity index (χ1n) is 8.03. The molecule has 3 nitrogen and oxygen atoms in total. The summed E-state index contributed by atoms with van der Waals surface area (Å²) in [5.74, 6) is 0. The third-order valence-electron chi connectivity index (χ3n) is 3.93. The molecule has 0 atom stereocenters. The van der Waals surface area contributed by atoms with Crippen molar-refractivity contribution in [1.82, 2.24) is 0 Å². The van der Waals surface area contributed by atoms with Crippen molar-refractivity contribution in [2.24, 2.45) is 9.98 Å². The van der Waals surface area contributed by atoms with Gasteiger partial charge in [-0.2, -0.15) is 0 Å². The molecule has 124 valence electrons. The molecule has 2 aromatic rings. The number of aryl methyl sites for hydroxylation is 3. The van der Waals surface area contributed by atoms with Crippen LogP contribution in [-0.4, -0.2) is 26.6 Å². The predicted octanol–water partition coefficient (Wildman–Crippen LogP) is 4.82. The first-order chi connectivity index (χ1) is 11.5. The minimum atomic E-state index is 0.596. The Balaban J connectivity index is 2.05.